The van der Waals surface area contributed by atoms with Crippen molar-refractivity contribution in [3.8, 4) is 0 Å². The molecule has 1 radical (unpaired) electrons. The van der Waals surface area contributed by atoms with E-state index >= 15 is 0 Å². The van der Waals surface area contributed by atoms with Crippen LogP contribution in [0, 0.1) is 0 Å². The molecule has 0 spiro atoms. The third-order valence-corrected chi connectivity index (χ3v) is 2.16. The van der Waals surface area contributed by atoms with Crippen LogP contribution in [-0.4, -0.2) is 57.2 Å². The third-order valence-electron chi connectivity index (χ3n) is 2.16. The smallest absolute Gasteiger partial charge is 0.228 e. The molecule has 1 heterocycles. The monoisotopic (exact) mass is 193 g/mol. The number of aliphatic hydroxyl groups is 4. The van der Waals surface area contributed by atoms with E-state index < -0.39 is 36.8 Å². The summed E-state index contributed by atoms with van der Waals surface area (Å²) in [7, 11) is 0. The van der Waals surface area contributed by atoms with Crippen LogP contribution in [0.5, 0.6) is 0 Å². The molecule has 13 heavy (non-hydrogen) atoms. The average Bonchev–Trinajstić information content (AvgIpc) is 2.08. The van der Waals surface area contributed by atoms with Gasteiger partial charge in [0.15, 0.2) is 0 Å². The molecule has 1 aliphatic rings. The Morgan fingerprint density at radius 2 is 1.85 bits per heavy atom. The SMILES string of the molecule is CC1([O])O[C@H](CO)[C@H](O)[C@H](O)[C@H]1O. The van der Waals surface area contributed by atoms with Crippen LogP contribution >= 0.6 is 0 Å². The number of hydrogen-bond acceptors (Lipinski definition) is 5. The molecule has 1 rings (SSSR count). The summed E-state index contributed by atoms with van der Waals surface area (Å²) in [6.45, 7) is 0.457. The Morgan fingerprint density at radius 1 is 1.31 bits per heavy atom. The lowest BCUT2D eigenvalue weighted by Crippen LogP contribution is -2.63. The van der Waals surface area contributed by atoms with E-state index in [0.29, 0.717) is 0 Å². The van der Waals surface area contributed by atoms with Crippen molar-refractivity contribution in [1.82, 2.24) is 0 Å². The van der Waals surface area contributed by atoms with Gasteiger partial charge < -0.3 is 25.2 Å². The van der Waals surface area contributed by atoms with Gasteiger partial charge in [0.1, 0.15) is 24.4 Å². The summed E-state index contributed by atoms with van der Waals surface area (Å²) in [4.78, 5) is 0. The molecule has 5 atom stereocenters. The molecule has 1 unspecified atom stereocenters. The van der Waals surface area contributed by atoms with Gasteiger partial charge in [0.2, 0.25) is 5.79 Å². The summed E-state index contributed by atoms with van der Waals surface area (Å²) in [6, 6.07) is 0. The fraction of sp³-hybridized carbons (Fsp3) is 1.00. The van der Waals surface area contributed by atoms with Crippen molar-refractivity contribution >= 4 is 0 Å². The summed E-state index contributed by atoms with van der Waals surface area (Å²) in [5.74, 6) is -2.20. The van der Waals surface area contributed by atoms with E-state index in [0.717, 1.165) is 6.92 Å². The Morgan fingerprint density at radius 3 is 2.31 bits per heavy atom. The average molecular weight is 193 g/mol. The van der Waals surface area contributed by atoms with Crippen LogP contribution in [0.15, 0.2) is 0 Å². The van der Waals surface area contributed by atoms with Gasteiger partial charge in [-0.05, 0) is 6.92 Å². The van der Waals surface area contributed by atoms with Crippen molar-refractivity contribution in [3.63, 3.8) is 0 Å². The maximum Gasteiger partial charge on any atom is 0.228 e. The second kappa shape index (κ2) is 3.49. The molecule has 0 bridgehead atoms. The highest BCUT2D eigenvalue weighted by atomic mass is 16.7. The molecule has 0 aromatic carbocycles. The molecular formula is C7H13O6. The van der Waals surface area contributed by atoms with Crippen LogP contribution in [0.2, 0.25) is 0 Å². The second-order valence-corrected chi connectivity index (χ2v) is 3.28. The van der Waals surface area contributed by atoms with Crippen molar-refractivity contribution < 1.29 is 30.3 Å². The zero-order valence-electron chi connectivity index (χ0n) is 7.12. The molecule has 0 aliphatic carbocycles. The van der Waals surface area contributed by atoms with Gasteiger partial charge in [0, 0.05) is 0 Å². The van der Waals surface area contributed by atoms with E-state index in [1.165, 1.54) is 0 Å². The first-order chi connectivity index (χ1) is 5.90. The van der Waals surface area contributed by atoms with E-state index in [-0.39, 0.29) is 0 Å². The van der Waals surface area contributed by atoms with Gasteiger partial charge in [-0.3, -0.25) is 0 Å². The van der Waals surface area contributed by atoms with Crippen LogP contribution in [0.1, 0.15) is 6.92 Å². The highest BCUT2D eigenvalue weighted by Gasteiger charge is 2.50. The minimum absolute atomic E-state index is 0.581. The van der Waals surface area contributed by atoms with Crippen molar-refractivity contribution in [2.75, 3.05) is 6.61 Å². The number of rotatable bonds is 1. The van der Waals surface area contributed by atoms with Crippen molar-refractivity contribution in [2.45, 2.75) is 37.1 Å². The molecule has 4 N–H and O–H groups in total. The van der Waals surface area contributed by atoms with Gasteiger partial charge >= 0.3 is 0 Å². The first-order valence-corrected chi connectivity index (χ1v) is 3.93. The van der Waals surface area contributed by atoms with Crippen LogP contribution in [0.4, 0.5) is 0 Å². The predicted molar refractivity (Wildman–Crippen MR) is 39.1 cm³/mol. The van der Waals surface area contributed by atoms with Crippen LogP contribution < -0.4 is 0 Å². The topological polar surface area (TPSA) is 110 Å². The largest absolute Gasteiger partial charge is 0.394 e. The summed E-state index contributed by atoms with van der Waals surface area (Å²) >= 11 is 0. The van der Waals surface area contributed by atoms with Crippen LogP contribution in [0.25, 0.3) is 0 Å². The van der Waals surface area contributed by atoms with Crippen molar-refractivity contribution in [1.29, 1.82) is 0 Å². The second-order valence-electron chi connectivity index (χ2n) is 3.28. The summed E-state index contributed by atoms with van der Waals surface area (Å²) in [6.07, 6.45) is -5.89. The summed E-state index contributed by atoms with van der Waals surface area (Å²) in [5.41, 5.74) is 0. The predicted octanol–water partition coefficient (Wildman–Crippen LogP) is -2.39. The molecule has 0 aromatic heterocycles. The van der Waals surface area contributed by atoms with Crippen LogP contribution in [-0.2, 0) is 9.84 Å². The lowest BCUT2D eigenvalue weighted by Gasteiger charge is -2.42. The van der Waals surface area contributed by atoms with E-state index in [2.05, 4.69) is 4.74 Å². The molecule has 6 heteroatoms. The van der Waals surface area contributed by atoms with Gasteiger partial charge in [-0.25, -0.2) is 0 Å². The Hall–Kier alpha value is -0.240. The Kier molecular flexibility index (Phi) is 2.91. The number of aliphatic hydroxyl groups excluding tert-OH is 4. The minimum Gasteiger partial charge on any atom is -0.394 e. The third kappa shape index (κ3) is 1.83. The molecule has 77 valence electrons. The van der Waals surface area contributed by atoms with Crippen molar-refractivity contribution in [2.24, 2.45) is 0 Å². The molecule has 1 fully saturated rings. The van der Waals surface area contributed by atoms with E-state index in [9.17, 15) is 15.3 Å². The number of ether oxygens (including phenoxy) is 1. The highest BCUT2D eigenvalue weighted by molar-refractivity contribution is 4.93. The summed E-state index contributed by atoms with van der Waals surface area (Å²) in [5, 5.41) is 47.6. The minimum atomic E-state index is -2.20. The maximum atomic E-state index is 11.3. The fourth-order valence-corrected chi connectivity index (χ4v) is 1.30. The van der Waals surface area contributed by atoms with Gasteiger partial charge in [-0.2, -0.15) is 5.11 Å². The highest BCUT2D eigenvalue weighted by Crippen LogP contribution is 2.27. The Bertz CT molecular complexity index is 180. The normalized spacial score (nSPS) is 52.2. The Labute approximate surface area is 75.0 Å². The van der Waals surface area contributed by atoms with E-state index in [1.54, 1.807) is 0 Å². The van der Waals surface area contributed by atoms with Gasteiger partial charge in [-0.15, -0.1) is 0 Å². The molecule has 6 nitrogen and oxygen atoms in total. The maximum absolute atomic E-state index is 11.3. The van der Waals surface area contributed by atoms with Gasteiger partial charge in [-0.1, -0.05) is 0 Å². The zero-order chi connectivity index (χ0) is 10.2. The molecule has 0 amide bonds. The molecule has 0 saturated carbocycles. The Balaban J connectivity index is 2.79. The lowest BCUT2D eigenvalue weighted by molar-refractivity contribution is -0.361. The van der Waals surface area contributed by atoms with Crippen LogP contribution in [0.3, 0.4) is 0 Å². The standard InChI is InChI=1S/C7H13O6/c1-7(12)6(11)5(10)4(9)3(2-8)13-7/h3-6,8-11H,2H2,1H3/t3-,4+,5+,6-,7?/m1/s1. The van der Waals surface area contributed by atoms with Gasteiger partial charge in [0.05, 0.1) is 6.61 Å². The molecule has 0 aromatic rings. The summed E-state index contributed by atoms with van der Waals surface area (Å²) < 4.78 is 4.65. The molecule has 1 saturated heterocycles. The lowest BCUT2D eigenvalue weighted by atomic mass is 9.94. The fourth-order valence-electron chi connectivity index (χ4n) is 1.30. The first-order valence-electron chi connectivity index (χ1n) is 3.93. The molecule has 1 aliphatic heterocycles. The number of hydrogen-bond donors (Lipinski definition) is 4. The first kappa shape index (κ1) is 10.8. The van der Waals surface area contributed by atoms with Crippen molar-refractivity contribution in [3.05, 3.63) is 0 Å². The zero-order valence-corrected chi connectivity index (χ0v) is 7.12. The quantitative estimate of drug-likeness (QED) is 0.371. The van der Waals surface area contributed by atoms with E-state index in [4.69, 9.17) is 10.2 Å². The van der Waals surface area contributed by atoms with E-state index in [1.807, 2.05) is 0 Å². The molecular weight excluding hydrogens is 180 g/mol. The van der Waals surface area contributed by atoms with Gasteiger partial charge in [0.25, 0.3) is 0 Å².